The highest BCUT2D eigenvalue weighted by atomic mass is 32.2. The fraction of sp³-hybridized carbons (Fsp3) is 1.00. The maximum atomic E-state index is 8.97. The highest BCUT2D eigenvalue weighted by molar-refractivity contribution is 7.83. The highest BCUT2D eigenvalue weighted by Crippen LogP contribution is 1.81. The minimum atomic E-state index is -4.17. The molecule has 0 fully saturated rings. The van der Waals surface area contributed by atoms with E-state index in [9.17, 15) is 0 Å². The average molecular weight is 198 g/mol. The van der Waals surface area contributed by atoms with E-state index in [1.54, 1.807) is 0 Å². The number of hydrogen-bond acceptors (Lipinski definition) is 3. The predicted molar refractivity (Wildman–Crippen MR) is 49.2 cm³/mol. The molecule has 0 aromatic rings. The molecule has 3 N–H and O–H groups in total. The Labute approximate surface area is 74.4 Å². The van der Waals surface area contributed by atoms with Crippen LogP contribution in [0.4, 0.5) is 0 Å². The first kappa shape index (κ1) is 14.4. The zero-order valence-corrected chi connectivity index (χ0v) is 8.63. The SMILES string of the molecule is CCN(CC)CC.NS(=O)(=O)O. The summed E-state index contributed by atoms with van der Waals surface area (Å²) in [5.41, 5.74) is 0. The minimum Gasteiger partial charge on any atom is -0.304 e. The van der Waals surface area contributed by atoms with Crippen molar-refractivity contribution < 1.29 is 13.0 Å². The van der Waals surface area contributed by atoms with Crippen LogP contribution in [-0.4, -0.2) is 37.5 Å². The number of nitrogens with two attached hydrogens (primary N) is 1. The predicted octanol–water partition coefficient (Wildman–Crippen LogP) is 0.0960. The van der Waals surface area contributed by atoms with Crippen LogP contribution in [0, 0.1) is 0 Å². The molecular weight excluding hydrogens is 180 g/mol. The molecule has 0 bridgehead atoms. The Morgan fingerprint density at radius 3 is 1.33 bits per heavy atom. The minimum absolute atomic E-state index is 1.19. The van der Waals surface area contributed by atoms with Crippen LogP contribution >= 0.6 is 0 Å². The van der Waals surface area contributed by atoms with Gasteiger partial charge in [-0.15, -0.1) is 0 Å². The quantitative estimate of drug-likeness (QED) is 0.630. The smallest absolute Gasteiger partial charge is 0.304 e. The summed E-state index contributed by atoms with van der Waals surface area (Å²) in [6, 6.07) is 0. The van der Waals surface area contributed by atoms with Crippen molar-refractivity contribution in [1.82, 2.24) is 4.90 Å². The van der Waals surface area contributed by atoms with Crippen molar-refractivity contribution in [2.24, 2.45) is 5.14 Å². The second-order valence-electron chi connectivity index (χ2n) is 2.13. The lowest BCUT2D eigenvalue weighted by Crippen LogP contribution is -2.21. The molecular formula is C6H18N2O3S. The van der Waals surface area contributed by atoms with Gasteiger partial charge in [-0.05, 0) is 19.6 Å². The third-order valence-corrected chi connectivity index (χ3v) is 1.34. The Balaban J connectivity index is 0. The van der Waals surface area contributed by atoms with Gasteiger partial charge in [0.1, 0.15) is 0 Å². The second kappa shape index (κ2) is 7.48. The number of nitrogens with zero attached hydrogens (tertiary/aromatic N) is 1. The van der Waals surface area contributed by atoms with Gasteiger partial charge in [0.2, 0.25) is 0 Å². The normalized spacial score (nSPS) is 10.8. The zero-order valence-electron chi connectivity index (χ0n) is 7.82. The summed E-state index contributed by atoms with van der Waals surface area (Å²) >= 11 is 0. The highest BCUT2D eigenvalue weighted by Gasteiger charge is 1.89. The van der Waals surface area contributed by atoms with Crippen molar-refractivity contribution in [1.29, 1.82) is 0 Å². The summed E-state index contributed by atoms with van der Waals surface area (Å²) < 4.78 is 25.2. The summed E-state index contributed by atoms with van der Waals surface area (Å²) in [4.78, 5) is 2.38. The third kappa shape index (κ3) is 22.5. The molecule has 0 aliphatic heterocycles. The Bertz CT molecular complexity index is 162. The second-order valence-corrected chi connectivity index (χ2v) is 3.16. The molecule has 0 amide bonds. The van der Waals surface area contributed by atoms with E-state index in [1.165, 1.54) is 19.6 Å². The molecule has 0 rings (SSSR count). The maximum absolute atomic E-state index is 8.97. The average Bonchev–Trinajstić information content (AvgIpc) is 1.88. The van der Waals surface area contributed by atoms with E-state index in [-0.39, 0.29) is 0 Å². The maximum Gasteiger partial charge on any atom is 0.330 e. The summed E-state index contributed by atoms with van der Waals surface area (Å²) in [6.45, 7) is 10.1. The number of rotatable bonds is 3. The standard InChI is InChI=1S/C6H15N.H3NO3S/c1-4-7(5-2)6-3;1-5(2,3)4/h4-6H2,1-3H3;(H3,1,2,3,4). The molecule has 6 heteroatoms. The molecule has 0 heterocycles. The van der Waals surface area contributed by atoms with Gasteiger partial charge in [0.05, 0.1) is 0 Å². The van der Waals surface area contributed by atoms with Gasteiger partial charge in [-0.3, -0.25) is 4.55 Å². The van der Waals surface area contributed by atoms with Gasteiger partial charge in [-0.25, -0.2) is 5.14 Å². The van der Waals surface area contributed by atoms with Gasteiger partial charge < -0.3 is 4.90 Å². The van der Waals surface area contributed by atoms with Gasteiger partial charge in [-0.2, -0.15) is 8.42 Å². The molecule has 0 radical (unpaired) electrons. The summed E-state index contributed by atoms with van der Waals surface area (Å²) in [6.07, 6.45) is 0. The fourth-order valence-electron chi connectivity index (χ4n) is 0.671. The summed E-state index contributed by atoms with van der Waals surface area (Å²) in [5, 5.41) is 3.88. The van der Waals surface area contributed by atoms with E-state index in [2.05, 4.69) is 30.8 Å². The van der Waals surface area contributed by atoms with Crippen LogP contribution in [0.3, 0.4) is 0 Å². The van der Waals surface area contributed by atoms with Gasteiger partial charge in [0.15, 0.2) is 0 Å². The van der Waals surface area contributed by atoms with Crippen molar-refractivity contribution >= 4 is 10.3 Å². The molecule has 0 saturated carbocycles. The Morgan fingerprint density at radius 2 is 1.33 bits per heavy atom. The van der Waals surface area contributed by atoms with Crippen LogP contribution in [0.25, 0.3) is 0 Å². The lowest BCUT2D eigenvalue weighted by molar-refractivity contribution is 0.321. The van der Waals surface area contributed by atoms with Crippen LogP contribution in [0.15, 0.2) is 0 Å². The van der Waals surface area contributed by atoms with Gasteiger partial charge in [0, 0.05) is 0 Å². The molecule has 76 valence electrons. The first-order valence-corrected chi connectivity index (χ1v) is 5.32. The van der Waals surface area contributed by atoms with Gasteiger partial charge >= 0.3 is 10.3 Å². The molecule has 0 spiro atoms. The Kier molecular flexibility index (Phi) is 8.95. The summed E-state index contributed by atoms with van der Waals surface area (Å²) in [5.74, 6) is 0. The molecule has 5 nitrogen and oxygen atoms in total. The first-order chi connectivity index (χ1) is 5.35. The Hall–Kier alpha value is -0.170. The molecule has 0 aromatic carbocycles. The van der Waals surface area contributed by atoms with Crippen molar-refractivity contribution in [3.8, 4) is 0 Å². The van der Waals surface area contributed by atoms with E-state index in [0.717, 1.165) is 0 Å². The molecule has 0 aliphatic rings. The van der Waals surface area contributed by atoms with Crippen molar-refractivity contribution in [2.45, 2.75) is 20.8 Å². The van der Waals surface area contributed by atoms with Crippen molar-refractivity contribution in [3.05, 3.63) is 0 Å². The third-order valence-electron chi connectivity index (χ3n) is 1.34. The van der Waals surface area contributed by atoms with Crippen LogP contribution in [0.5, 0.6) is 0 Å². The zero-order chi connectivity index (χ0) is 10.2. The first-order valence-electron chi connectivity index (χ1n) is 3.82. The summed E-state index contributed by atoms with van der Waals surface area (Å²) in [7, 11) is -4.17. The van der Waals surface area contributed by atoms with Crippen molar-refractivity contribution in [2.75, 3.05) is 19.6 Å². The van der Waals surface area contributed by atoms with Gasteiger partial charge in [0.25, 0.3) is 0 Å². The Morgan fingerprint density at radius 1 is 1.17 bits per heavy atom. The van der Waals surface area contributed by atoms with E-state index in [0.29, 0.717) is 0 Å². The fourth-order valence-corrected chi connectivity index (χ4v) is 0.671. The number of hydrogen-bond donors (Lipinski definition) is 2. The van der Waals surface area contributed by atoms with Crippen LogP contribution in [-0.2, 0) is 10.3 Å². The largest absolute Gasteiger partial charge is 0.330 e. The van der Waals surface area contributed by atoms with Gasteiger partial charge in [-0.1, -0.05) is 20.8 Å². The van der Waals surface area contributed by atoms with E-state index >= 15 is 0 Å². The van der Waals surface area contributed by atoms with Crippen LogP contribution in [0.1, 0.15) is 20.8 Å². The lowest BCUT2D eigenvalue weighted by atomic mass is 10.5. The molecule has 0 aliphatic carbocycles. The van der Waals surface area contributed by atoms with E-state index in [1.807, 2.05) is 0 Å². The van der Waals surface area contributed by atoms with Crippen LogP contribution in [0.2, 0.25) is 0 Å². The van der Waals surface area contributed by atoms with E-state index < -0.39 is 10.3 Å². The molecule has 0 aromatic heterocycles. The monoisotopic (exact) mass is 198 g/mol. The van der Waals surface area contributed by atoms with E-state index in [4.69, 9.17) is 13.0 Å². The molecule has 0 saturated heterocycles. The molecule has 0 unspecified atom stereocenters. The molecule has 0 atom stereocenters. The topological polar surface area (TPSA) is 83.6 Å². The van der Waals surface area contributed by atoms with Crippen LogP contribution < -0.4 is 5.14 Å². The lowest BCUT2D eigenvalue weighted by Gasteiger charge is -2.13. The molecule has 12 heavy (non-hydrogen) atoms. The van der Waals surface area contributed by atoms with Crippen molar-refractivity contribution in [3.63, 3.8) is 0 Å².